The van der Waals surface area contributed by atoms with E-state index in [2.05, 4.69) is 10.4 Å². The van der Waals surface area contributed by atoms with Crippen LogP contribution in [-0.2, 0) is 15.7 Å². The first-order valence-electron chi connectivity index (χ1n) is 7.50. The number of rotatable bonds is 7. The second-order valence-electron chi connectivity index (χ2n) is 5.31. The molecule has 0 bridgehead atoms. The Morgan fingerprint density at radius 3 is 2.62 bits per heavy atom. The van der Waals surface area contributed by atoms with Crippen molar-refractivity contribution >= 4 is 11.9 Å². The number of aryl methyl sites for hydroxylation is 1. The minimum absolute atomic E-state index is 0.140. The minimum atomic E-state index is -4.80. The maximum atomic E-state index is 13.5. The number of hydrogen-bond acceptors (Lipinski definition) is 4. The number of para-hydroxylation sites is 1. The fourth-order valence-corrected chi connectivity index (χ4v) is 2.26. The Morgan fingerprint density at radius 1 is 1.31 bits per heavy atom. The summed E-state index contributed by atoms with van der Waals surface area (Å²) in [6, 6.07) is 6.36. The number of carboxylic acids is 1. The number of carbonyl (C=O) groups is 2. The summed E-state index contributed by atoms with van der Waals surface area (Å²) < 4.78 is 46.0. The van der Waals surface area contributed by atoms with Crippen molar-refractivity contribution in [1.29, 1.82) is 0 Å². The van der Waals surface area contributed by atoms with Gasteiger partial charge in [-0.15, -0.1) is 0 Å². The third-order valence-electron chi connectivity index (χ3n) is 3.38. The smallest absolute Gasteiger partial charge is 0.434 e. The van der Waals surface area contributed by atoms with E-state index in [-0.39, 0.29) is 18.8 Å². The van der Waals surface area contributed by atoms with Gasteiger partial charge in [0.05, 0.1) is 24.1 Å². The van der Waals surface area contributed by atoms with E-state index in [1.165, 1.54) is 6.07 Å². The molecule has 0 saturated carbocycles. The SMILES string of the molecule is Cc1ccccc1-n1ncc(C(=O)NCCOCC(=O)O)c1C(F)(F)F. The van der Waals surface area contributed by atoms with Gasteiger partial charge in [0.2, 0.25) is 0 Å². The number of aromatic nitrogens is 2. The highest BCUT2D eigenvalue weighted by molar-refractivity contribution is 5.95. The molecule has 0 saturated heterocycles. The molecule has 26 heavy (non-hydrogen) atoms. The lowest BCUT2D eigenvalue weighted by molar-refractivity contribution is -0.143. The highest BCUT2D eigenvalue weighted by Gasteiger charge is 2.40. The van der Waals surface area contributed by atoms with Crippen molar-refractivity contribution in [2.24, 2.45) is 0 Å². The fourth-order valence-electron chi connectivity index (χ4n) is 2.26. The number of amides is 1. The number of aliphatic carboxylic acids is 1. The molecule has 2 N–H and O–H groups in total. The average molecular weight is 371 g/mol. The van der Waals surface area contributed by atoms with Crippen LogP contribution in [0.3, 0.4) is 0 Å². The van der Waals surface area contributed by atoms with E-state index >= 15 is 0 Å². The molecule has 10 heteroatoms. The van der Waals surface area contributed by atoms with E-state index < -0.39 is 35.9 Å². The van der Waals surface area contributed by atoms with Gasteiger partial charge >= 0.3 is 12.1 Å². The number of nitrogens with zero attached hydrogens (tertiary/aromatic N) is 2. The van der Waals surface area contributed by atoms with Gasteiger partial charge in [-0.2, -0.15) is 18.3 Å². The van der Waals surface area contributed by atoms with Crippen molar-refractivity contribution in [3.8, 4) is 5.69 Å². The monoisotopic (exact) mass is 371 g/mol. The number of ether oxygens (including phenoxy) is 1. The molecule has 7 nitrogen and oxygen atoms in total. The predicted molar refractivity (Wildman–Crippen MR) is 84.1 cm³/mol. The molecule has 2 aromatic rings. The molecule has 0 radical (unpaired) electrons. The lowest BCUT2D eigenvalue weighted by Gasteiger charge is -2.14. The number of hydrogen-bond donors (Lipinski definition) is 2. The summed E-state index contributed by atoms with van der Waals surface area (Å²) in [4.78, 5) is 22.4. The molecule has 0 unspecified atom stereocenters. The number of halogens is 3. The number of carboxylic acid groups (broad SMARTS) is 1. The normalized spacial score (nSPS) is 11.4. The van der Waals surface area contributed by atoms with Crippen LogP contribution in [0.1, 0.15) is 21.6 Å². The maximum Gasteiger partial charge on any atom is 0.434 e. The number of alkyl halides is 3. The van der Waals surface area contributed by atoms with Crippen molar-refractivity contribution in [3.63, 3.8) is 0 Å². The van der Waals surface area contributed by atoms with Gasteiger partial charge in [0.1, 0.15) is 6.61 Å². The third-order valence-corrected chi connectivity index (χ3v) is 3.38. The Labute approximate surface area is 146 Å². The van der Waals surface area contributed by atoms with Crippen LogP contribution >= 0.6 is 0 Å². The number of benzene rings is 1. The molecular formula is C16H16F3N3O4. The Balaban J connectivity index is 2.23. The zero-order valence-corrected chi connectivity index (χ0v) is 13.7. The third kappa shape index (κ3) is 4.60. The molecule has 0 aliphatic carbocycles. The van der Waals surface area contributed by atoms with Crippen LogP contribution in [0.15, 0.2) is 30.5 Å². The van der Waals surface area contributed by atoms with Crippen LogP contribution in [0.4, 0.5) is 13.2 Å². The second kappa shape index (κ2) is 8.00. The molecule has 1 heterocycles. The second-order valence-corrected chi connectivity index (χ2v) is 5.31. The molecule has 140 valence electrons. The van der Waals surface area contributed by atoms with Gasteiger partial charge in [0.25, 0.3) is 5.91 Å². The summed E-state index contributed by atoms with van der Waals surface area (Å²) in [6.07, 6.45) is -3.95. The molecule has 0 aliphatic heterocycles. The van der Waals surface area contributed by atoms with E-state index in [0.29, 0.717) is 10.2 Å². The summed E-state index contributed by atoms with van der Waals surface area (Å²) in [5.41, 5.74) is -1.03. The van der Waals surface area contributed by atoms with Crippen LogP contribution < -0.4 is 5.32 Å². The summed E-state index contributed by atoms with van der Waals surface area (Å²) in [5.74, 6) is -2.16. The minimum Gasteiger partial charge on any atom is -0.480 e. The fraction of sp³-hybridized carbons (Fsp3) is 0.312. The van der Waals surface area contributed by atoms with Crippen LogP contribution in [0, 0.1) is 6.92 Å². The Hall–Kier alpha value is -2.88. The highest BCUT2D eigenvalue weighted by Crippen LogP contribution is 2.34. The zero-order chi connectivity index (χ0) is 19.3. The van der Waals surface area contributed by atoms with Gasteiger partial charge in [-0.1, -0.05) is 18.2 Å². The largest absolute Gasteiger partial charge is 0.480 e. The van der Waals surface area contributed by atoms with E-state index in [4.69, 9.17) is 9.84 Å². The van der Waals surface area contributed by atoms with E-state index in [0.717, 1.165) is 6.20 Å². The molecule has 1 aromatic heterocycles. The summed E-state index contributed by atoms with van der Waals surface area (Å²) in [5, 5.41) is 14.4. The van der Waals surface area contributed by atoms with Crippen molar-refractivity contribution in [3.05, 3.63) is 47.3 Å². The Kier molecular flexibility index (Phi) is 5.98. The van der Waals surface area contributed by atoms with Crippen LogP contribution in [0.2, 0.25) is 0 Å². The van der Waals surface area contributed by atoms with Gasteiger partial charge in [-0.3, -0.25) is 4.79 Å². The maximum absolute atomic E-state index is 13.5. The van der Waals surface area contributed by atoms with Crippen LogP contribution in [0.5, 0.6) is 0 Å². The first-order chi connectivity index (χ1) is 12.2. The molecule has 0 fully saturated rings. The average Bonchev–Trinajstić information content (AvgIpc) is 2.99. The van der Waals surface area contributed by atoms with Crippen molar-refractivity contribution < 1.29 is 32.6 Å². The Morgan fingerprint density at radius 2 is 2.00 bits per heavy atom. The number of carbonyl (C=O) groups excluding carboxylic acids is 1. The van der Waals surface area contributed by atoms with Gasteiger partial charge in [-0.25, -0.2) is 9.48 Å². The molecule has 2 rings (SSSR count). The molecular weight excluding hydrogens is 355 g/mol. The standard InChI is InChI=1S/C16H16F3N3O4/c1-10-4-2-3-5-12(10)22-14(16(17,18)19)11(8-21-22)15(25)20-6-7-26-9-13(23)24/h2-5,8H,6-7,9H2,1H3,(H,20,25)(H,23,24). The van der Waals surface area contributed by atoms with Crippen molar-refractivity contribution in [1.82, 2.24) is 15.1 Å². The number of nitrogens with one attached hydrogen (secondary N) is 1. The molecule has 1 amide bonds. The lowest BCUT2D eigenvalue weighted by Crippen LogP contribution is -2.30. The van der Waals surface area contributed by atoms with Crippen LogP contribution in [-0.4, -0.2) is 46.5 Å². The first kappa shape index (κ1) is 19.4. The summed E-state index contributed by atoms with van der Waals surface area (Å²) >= 11 is 0. The molecule has 0 atom stereocenters. The lowest BCUT2D eigenvalue weighted by atomic mass is 10.1. The summed E-state index contributed by atoms with van der Waals surface area (Å²) in [7, 11) is 0. The quantitative estimate of drug-likeness (QED) is 0.727. The highest BCUT2D eigenvalue weighted by atomic mass is 19.4. The van der Waals surface area contributed by atoms with Crippen LogP contribution in [0.25, 0.3) is 5.69 Å². The van der Waals surface area contributed by atoms with Crippen molar-refractivity contribution in [2.45, 2.75) is 13.1 Å². The Bertz CT molecular complexity index is 802. The van der Waals surface area contributed by atoms with Gasteiger partial charge in [0.15, 0.2) is 5.69 Å². The first-order valence-corrected chi connectivity index (χ1v) is 7.50. The molecule has 1 aromatic carbocycles. The molecule has 0 spiro atoms. The molecule has 0 aliphatic rings. The zero-order valence-electron chi connectivity index (χ0n) is 13.7. The van der Waals surface area contributed by atoms with Gasteiger partial charge in [0, 0.05) is 6.54 Å². The van der Waals surface area contributed by atoms with Gasteiger partial charge < -0.3 is 15.2 Å². The summed E-state index contributed by atoms with van der Waals surface area (Å²) in [6.45, 7) is 0.788. The van der Waals surface area contributed by atoms with E-state index in [9.17, 15) is 22.8 Å². The topological polar surface area (TPSA) is 93.5 Å². The predicted octanol–water partition coefficient (Wildman–Crippen LogP) is 2.03. The van der Waals surface area contributed by atoms with E-state index in [1.807, 2.05) is 0 Å². The van der Waals surface area contributed by atoms with Crippen molar-refractivity contribution in [2.75, 3.05) is 19.8 Å². The van der Waals surface area contributed by atoms with Gasteiger partial charge in [-0.05, 0) is 18.6 Å². The van der Waals surface area contributed by atoms with E-state index in [1.54, 1.807) is 25.1 Å².